The minimum absolute atomic E-state index is 0.00291. The average molecular weight is 2030 g/mol. The number of phenolic OH excluding ortho intramolecular Hbond substituents is 2. The lowest BCUT2D eigenvalue weighted by Crippen LogP contribution is -2.61. The second kappa shape index (κ2) is 63.3. The Kier molecular flexibility index (Phi) is 52.6. The highest BCUT2D eigenvalue weighted by molar-refractivity contribution is 7.80. The van der Waals surface area contributed by atoms with Gasteiger partial charge in [0, 0.05) is 93.7 Å². The highest BCUT2D eigenvalue weighted by atomic mass is 32.1. The summed E-state index contributed by atoms with van der Waals surface area (Å²) in [6.07, 6.45) is 1.64. The van der Waals surface area contributed by atoms with Gasteiger partial charge in [-0.2, -0.15) is 25.3 Å². The quantitative estimate of drug-likeness (QED) is 0.00845. The van der Waals surface area contributed by atoms with E-state index in [1.54, 1.807) is 30.5 Å². The van der Waals surface area contributed by atoms with Crippen molar-refractivity contribution in [3.8, 4) is 11.5 Å². The SMILES string of the molecule is N=C(N)NCCC[C@H](NC(=O)[C@H](CS)NC(=O)[C@H](CCCNC(N)=O)NC(=O)[C@H](CCCNC(=N)N)NC(=O)[C@H](Cc1ccc(O)cc1)NC(=O)[C@@H]1CCCN1C(=O)[C@@H](CCCCN)NC(=O)[C@H](CCCCN)NC(=O)[C@H](CCCNC(=N)N)NC(=O)[C@H](Cc1ccc(O)cc1)NC(=O)[C@H](CS)NC(=O)[C@H](Cc1c[nH]c2ccccc12)NC(=O)[C@H](CCCNC(=N)N)NC(=O)[C@@H](N)CCCNC(=N)N)C(=O)O. The number of thiol groups is 2. The van der Waals surface area contributed by atoms with Crippen molar-refractivity contribution in [3.63, 3.8) is 0 Å². The van der Waals surface area contributed by atoms with Gasteiger partial charge in [-0.1, -0.05) is 42.5 Å². The number of aliphatic carboxylic acids is 1. The van der Waals surface area contributed by atoms with Crippen LogP contribution in [-0.2, 0) is 86.4 Å². The Hall–Kier alpha value is -14.4. The van der Waals surface area contributed by atoms with Gasteiger partial charge in [-0.15, -0.1) is 0 Å². The summed E-state index contributed by atoms with van der Waals surface area (Å²) < 4.78 is 0. The molecular weight excluding hydrogens is 1890 g/mol. The van der Waals surface area contributed by atoms with E-state index in [-0.39, 0.29) is 217 Å². The Bertz CT molecular complexity index is 4890. The third-order valence-electron chi connectivity index (χ3n) is 22.8. The number of benzene rings is 3. The molecule has 0 unspecified atom stereocenters. The van der Waals surface area contributed by atoms with Gasteiger partial charge in [-0.3, -0.25) is 89.4 Å². The number of unbranched alkanes of at least 4 members (excludes halogenated alkanes) is 2. The second-order valence-electron chi connectivity index (χ2n) is 34.0. The molecule has 45 N–H and O–H groups in total. The first-order chi connectivity index (χ1) is 67.6. The van der Waals surface area contributed by atoms with E-state index in [1.165, 1.54) is 53.4 Å². The van der Waals surface area contributed by atoms with Gasteiger partial charge in [-0.05, 0) is 189 Å². The third kappa shape index (κ3) is 43.5. The number of phenols is 2. The summed E-state index contributed by atoms with van der Waals surface area (Å²) >= 11 is 8.68. The fraction of sp³-hybridized carbons (Fsp3) is 0.545. The maximum atomic E-state index is 15.4. The number of hydrogen-bond acceptors (Lipinski definition) is 27. The molecule has 0 spiro atoms. The summed E-state index contributed by atoms with van der Waals surface area (Å²) in [6, 6.07) is -3.61. The molecule has 784 valence electrons. The summed E-state index contributed by atoms with van der Waals surface area (Å²) in [5.41, 5.74) is 53.0. The fourth-order valence-electron chi connectivity index (χ4n) is 15.2. The lowest BCUT2D eigenvalue weighted by atomic mass is 10.0. The van der Waals surface area contributed by atoms with E-state index in [0.717, 1.165) is 0 Å². The van der Waals surface area contributed by atoms with E-state index in [9.17, 15) is 58.5 Å². The van der Waals surface area contributed by atoms with Crippen LogP contribution in [0, 0.1) is 27.0 Å². The topological polar surface area (TPSA) is 906 Å². The largest absolute Gasteiger partial charge is 0.508 e. The molecule has 0 bridgehead atoms. The molecule has 2 heterocycles. The summed E-state index contributed by atoms with van der Waals surface area (Å²) in [7, 11) is 0. The van der Waals surface area contributed by atoms with Gasteiger partial charge in [-0.25, -0.2) is 9.59 Å². The number of nitrogens with zero attached hydrogens (tertiary/aromatic N) is 1. The van der Waals surface area contributed by atoms with E-state index >= 15 is 28.8 Å². The number of carbonyl (C=O) groups is 15. The molecule has 14 atom stereocenters. The van der Waals surface area contributed by atoms with Gasteiger partial charge in [0.1, 0.15) is 90.0 Å². The predicted molar refractivity (Wildman–Crippen MR) is 535 cm³/mol. The summed E-state index contributed by atoms with van der Waals surface area (Å²) in [5.74, 6) is -16.5. The lowest BCUT2D eigenvalue weighted by Gasteiger charge is -2.31. The van der Waals surface area contributed by atoms with Crippen LogP contribution in [0.5, 0.6) is 11.5 Å². The number of fused-ring (bicyclic) bond motifs is 1. The number of guanidine groups is 5. The second-order valence-corrected chi connectivity index (χ2v) is 34.7. The van der Waals surface area contributed by atoms with Crippen LogP contribution in [0.4, 0.5) is 4.79 Å². The molecule has 142 heavy (non-hydrogen) atoms. The maximum Gasteiger partial charge on any atom is 0.326 e. The van der Waals surface area contributed by atoms with Gasteiger partial charge in [0.05, 0.1) is 6.04 Å². The third-order valence-corrected chi connectivity index (χ3v) is 23.5. The average Bonchev–Trinajstić information content (AvgIpc) is 1.66. The molecule has 4 aromatic rings. The van der Waals surface area contributed by atoms with Crippen molar-refractivity contribution in [1.82, 2.24) is 106 Å². The van der Waals surface area contributed by atoms with E-state index in [4.69, 9.17) is 78.6 Å². The first kappa shape index (κ1) is 118. The number of carboxylic acids is 1. The van der Waals surface area contributed by atoms with Crippen LogP contribution in [0.15, 0.2) is 79.0 Å². The van der Waals surface area contributed by atoms with Gasteiger partial charge in [0.15, 0.2) is 29.8 Å². The highest BCUT2D eigenvalue weighted by Gasteiger charge is 2.42. The number of rotatable bonds is 66. The van der Waals surface area contributed by atoms with Crippen molar-refractivity contribution < 1.29 is 87.2 Å². The van der Waals surface area contributed by atoms with Gasteiger partial charge in [0.25, 0.3) is 0 Å². The molecule has 5 rings (SSSR count). The first-order valence-electron chi connectivity index (χ1n) is 46.7. The Morgan fingerprint density at radius 3 is 1.06 bits per heavy atom. The molecule has 0 aliphatic carbocycles. The number of aromatic hydroxyl groups is 2. The summed E-state index contributed by atoms with van der Waals surface area (Å²) in [4.78, 5) is 220. The van der Waals surface area contributed by atoms with Crippen LogP contribution in [0.1, 0.15) is 145 Å². The number of nitrogens with one attached hydrogen (secondary N) is 24. The Morgan fingerprint density at radius 2 is 0.683 bits per heavy atom. The predicted octanol–water partition coefficient (Wildman–Crippen LogP) is -7.29. The molecule has 0 radical (unpaired) electrons. The number of likely N-dealkylation sites (tertiary alicyclic amines) is 1. The smallest absolute Gasteiger partial charge is 0.326 e. The molecule has 15 amide bonds. The van der Waals surface area contributed by atoms with E-state index < -0.39 is 197 Å². The molecule has 1 aliphatic rings. The number of urea groups is 1. The number of H-pyrrole nitrogens is 1. The van der Waals surface area contributed by atoms with Gasteiger partial charge >= 0.3 is 12.0 Å². The monoisotopic (exact) mass is 2030 g/mol. The molecule has 1 saturated heterocycles. The number of aromatic amines is 1. The van der Waals surface area contributed by atoms with Crippen LogP contribution in [0.25, 0.3) is 10.9 Å². The molecule has 1 aliphatic heterocycles. The summed E-state index contributed by atoms with van der Waals surface area (Å²) in [5, 5.41) is 117. The standard InChI is InChI=1S/C88H142N34O18S2/c89-33-5-3-17-56(111-70(126)58(20-9-37-105-85(96)97)113-75(131)63(42-48-25-29-51(123)30-26-48)117-79(135)67(47-142)121-77(133)65(44-50-45-109-55-16-2-1-14-53(50)55)118-73(129)57(19-8-36-104-84(94)95)110-69(125)54(91)15-7-35-103-83(92)93)72(128)115-61(18-4-6-34-90)81(137)122-41-13-24-68(122)80(136)119-64(43-49-27-31-52(124)32-28-49)76(132)114-59(21-10-38-106-86(98)99)71(127)112-60(22-11-40-108-88(102)140)74(130)120-66(46-141)78(134)116-62(82(138)139)23-12-39-107-87(100)101/h1-2,14,16,25-32,45,54,56-68,109,123-124,141-142H,3-13,15,17-24,33-44,46-47,89-91H2,(H,110,125)(H,111,126)(H,112,127)(H,113,131)(H,114,132)(H,115,128)(H,116,134)(H,117,135)(H,118,129)(H,119,136)(H,120,130)(H,121,133)(H,138,139)(H4,92,93,103)(H4,94,95,104)(H4,96,97,105)(H4,98,99,106)(H4,100,101,107)(H3,102,108,140)/t54-,56-,57-,58-,59-,60-,61+,62-,63-,64-,65-,66-,67-,68-/m0/s1. The first-order valence-corrected chi connectivity index (χ1v) is 48.0. The zero-order valence-corrected chi connectivity index (χ0v) is 80.9. The Morgan fingerprint density at radius 1 is 0.373 bits per heavy atom. The van der Waals surface area contributed by atoms with Crippen molar-refractivity contribution in [3.05, 3.63) is 95.7 Å². The Balaban J connectivity index is 1.46. The highest BCUT2D eigenvalue weighted by Crippen LogP contribution is 2.24. The van der Waals surface area contributed by atoms with Crippen LogP contribution >= 0.6 is 25.3 Å². The van der Waals surface area contributed by atoms with Crippen LogP contribution < -0.4 is 147 Å². The van der Waals surface area contributed by atoms with Crippen molar-refractivity contribution in [1.29, 1.82) is 27.0 Å². The molecule has 3 aromatic carbocycles. The van der Waals surface area contributed by atoms with E-state index in [2.05, 4.69) is 126 Å². The molecular formula is C88H142N34O18S2. The number of para-hydroxylation sites is 1. The molecule has 52 nitrogen and oxygen atoms in total. The van der Waals surface area contributed by atoms with Crippen LogP contribution in [0.2, 0.25) is 0 Å². The van der Waals surface area contributed by atoms with E-state index in [1.807, 2.05) is 0 Å². The van der Waals surface area contributed by atoms with Crippen molar-refractivity contribution >= 4 is 155 Å². The molecule has 1 fully saturated rings. The Labute approximate surface area is 832 Å². The van der Waals surface area contributed by atoms with Gasteiger partial charge in [0.2, 0.25) is 76.8 Å². The molecule has 54 heteroatoms. The zero-order chi connectivity index (χ0) is 105. The molecule has 1 aromatic heterocycles. The number of carbonyl (C=O) groups excluding carboxylic acids is 14. The number of aromatic nitrogens is 1. The number of carboxylic acid groups (broad SMARTS) is 1. The van der Waals surface area contributed by atoms with Gasteiger partial charge < -0.3 is 173 Å². The number of amides is 15. The fourth-order valence-corrected chi connectivity index (χ4v) is 15.7. The van der Waals surface area contributed by atoms with Crippen LogP contribution in [0.3, 0.4) is 0 Å². The summed E-state index contributed by atoms with van der Waals surface area (Å²) in [6.45, 7) is 0.425. The molecule has 0 saturated carbocycles. The zero-order valence-electron chi connectivity index (χ0n) is 79.1. The van der Waals surface area contributed by atoms with E-state index in [0.29, 0.717) is 46.9 Å². The minimum Gasteiger partial charge on any atom is -0.508 e. The number of nitrogens with two attached hydrogens (primary N) is 9. The number of hydrogen-bond donors (Lipinski definition) is 38. The minimum atomic E-state index is -1.64. The van der Waals surface area contributed by atoms with Crippen molar-refractivity contribution in [2.75, 3.05) is 70.4 Å². The van der Waals surface area contributed by atoms with Crippen molar-refractivity contribution in [2.24, 2.45) is 51.6 Å². The van der Waals surface area contributed by atoms with Crippen molar-refractivity contribution in [2.45, 2.75) is 232 Å². The number of primary amides is 1. The lowest BCUT2D eigenvalue weighted by molar-refractivity contribution is -0.142. The van der Waals surface area contributed by atoms with Crippen LogP contribution in [-0.4, -0.2) is 299 Å². The normalized spacial score (nSPS) is 14.8. The maximum absolute atomic E-state index is 15.4.